The van der Waals surface area contributed by atoms with Crippen molar-refractivity contribution in [2.45, 2.75) is 50.7 Å². The van der Waals surface area contributed by atoms with Crippen molar-refractivity contribution in [3.05, 3.63) is 0 Å². The Morgan fingerprint density at radius 1 is 1.33 bits per heavy atom. The Labute approximate surface area is 111 Å². The highest BCUT2D eigenvalue weighted by Crippen LogP contribution is 2.30. The second kappa shape index (κ2) is 7.43. The van der Waals surface area contributed by atoms with Gasteiger partial charge in [-0.3, -0.25) is 4.90 Å². The summed E-state index contributed by atoms with van der Waals surface area (Å²) >= 11 is 0. The van der Waals surface area contributed by atoms with E-state index in [-0.39, 0.29) is 0 Å². The molecule has 18 heavy (non-hydrogen) atoms. The average molecular weight is 256 g/mol. The minimum absolute atomic E-state index is 0.535. The molecule has 1 aliphatic carbocycles. The van der Waals surface area contributed by atoms with Crippen LogP contribution < -0.4 is 5.32 Å². The molecule has 0 spiro atoms. The van der Waals surface area contributed by atoms with E-state index in [9.17, 15) is 0 Å². The van der Waals surface area contributed by atoms with E-state index in [0.29, 0.717) is 12.1 Å². The van der Waals surface area contributed by atoms with E-state index in [4.69, 9.17) is 9.47 Å². The van der Waals surface area contributed by atoms with E-state index >= 15 is 0 Å². The Kier molecular flexibility index (Phi) is 5.89. The molecule has 2 unspecified atom stereocenters. The number of nitrogens with one attached hydrogen (secondary N) is 1. The molecule has 0 bridgehead atoms. The Bertz CT molecular complexity index is 234. The molecule has 4 nitrogen and oxygen atoms in total. The van der Waals surface area contributed by atoms with E-state index in [2.05, 4.69) is 17.1 Å². The lowest BCUT2D eigenvalue weighted by atomic mass is 10.0. The van der Waals surface area contributed by atoms with Crippen LogP contribution in [0.4, 0.5) is 0 Å². The maximum absolute atomic E-state index is 5.71. The highest BCUT2D eigenvalue weighted by molar-refractivity contribution is 4.95. The van der Waals surface area contributed by atoms with Crippen LogP contribution in [0.15, 0.2) is 0 Å². The maximum Gasteiger partial charge on any atom is 0.0637 e. The van der Waals surface area contributed by atoms with Gasteiger partial charge in [0, 0.05) is 38.4 Å². The topological polar surface area (TPSA) is 33.7 Å². The van der Waals surface area contributed by atoms with E-state index in [1.54, 1.807) is 7.11 Å². The lowest BCUT2D eigenvalue weighted by Gasteiger charge is -2.40. The standard InChI is InChI=1S/C14H28N2O2/c1-3-7-15-13-6-9-18-11-14(13)16(8-10-17-2)12-4-5-12/h12-15H,3-11H2,1-2H3. The molecule has 1 heterocycles. The van der Waals surface area contributed by atoms with Crippen molar-refractivity contribution in [1.82, 2.24) is 10.2 Å². The van der Waals surface area contributed by atoms with Gasteiger partial charge in [0.05, 0.1) is 13.2 Å². The van der Waals surface area contributed by atoms with Crippen molar-refractivity contribution in [2.24, 2.45) is 0 Å². The van der Waals surface area contributed by atoms with E-state index < -0.39 is 0 Å². The van der Waals surface area contributed by atoms with Gasteiger partial charge in [0.2, 0.25) is 0 Å². The molecule has 0 aromatic heterocycles. The van der Waals surface area contributed by atoms with Crippen molar-refractivity contribution >= 4 is 0 Å². The summed E-state index contributed by atoms with van der Waals surface area (Å²) in [6.45, 7) is 6.99. The number of hydrogen-bond donors (Lipinski definition) is 1. The zero-order valence-electron chi connectivity index (χ0n) is 11.9. The van der Waals surface area contributed by atoms with Gasteiger partial charge < -0.3 is 14.8 Å². The van der Waals surface area contributed by atoms with Crippen molar-refractivity contribution in [3.63, 3.8) is 0 Å². The lowest BCUT2D eigenvalue weighted by molar-refractivity contribution is -0.0139. The molecular formula is C14H28N2O2. The fraction of sp³-hybridized carbons (Fsp3) is 1.00. The molecule has 0 radical (unpaired) electrons. The zero-order chi connectivity index (χ0) is 12.8. The van der Waals surface area contributed by atoms with E-state index in [0.717, 1.165) is 45.4 Å². The Morgan fingerprint density at radius 2 is 2.17 bits per heavy atom. The van der Waals surface area contributed by atoms with Crippen LogP contribution in [0.2, 0.25) is 0 Å². The lowest BCUT2D eigenvalue weighted by Crippen LogP contribution is -2.56. The molecule has 0 aromatic carbocycles. The van der Waals surface area contributed by atoms with Crippen LogP contribution >= 0.6 is 0 Å². The normalized spacial score (nSPS) is 28.8. The fourth-order valence-corrected chi connectivity index (χ4v) is 2.84. The van der Waals surface area contributed by atoms with Gasteiger partial charge in [-0.25, -0.2) is 0 Å². The van der Waals surface area contributed by atoms with Gasteiger partial charge in [-0.2, -0.15) is 0 Å². The number of nitrogens with zero attached hydrogens (tertiary/aromatic N) is 1. The summed E-state index contributed by atoms with van der Waals surface area (Å²) in [7, 11) is 1.79. The van der Waals surface area contributed by atoms with Crippen LogP contribution in [0.1, 0.15) is 32.6 Å². The molecule has 1 saturated heterocycles. The van der Waals surface area contributed by atoms with Gasteiger partial charge in [-0.05, 0) is 32.2 Å². The van der Waals surface area contributed by atoms with Gasteiger partial charge in [0.1, 0.15) is 0 Å². The van der Waals surface area contributed by atoms with Gasteiger partial charge in [-0.1, -0.05) is 6.92 Å². The quantitative estimate of drug-likeness (QED) is 0.709. The number of ether oxygens (including phenoxy) is 2. The smallest absolute Gasteiger partial charge is 0.0637 e. The zero-order valence-corrected chi connectivity index (χ0v) is 11.9. The highest BCUT2D eigenvalue weighted by atomic mass is 16.5. The Balaban J connectivity index is 1.91. The summed E-state index contributed by atoms with van der Waals surface area (Å²) in [5.74, 6) is 0. The third kappa shape index (κ3) is 3.92. The van der Waals surface area contributed by atoms with Crippen LogP contribution in [0.3, 0.4) is 0 Å². The molecule has 2 atom stereocenters. The molecule has 0 aromatic rings. The Morgan fingerprint density at radius 3 is 2.83 bits per heavy atom. The van der Waals surface area contributed by atoms with Crippen molar-refractivity contribution in [3.8, 4) is 0 Å². The molecule has 4 heteroatoms. The molecule has 2 rings (SSSR count). The minimum atomic E-state index is 0.535. The van der Waals surface area contributed by atoms with Crippen molar-refractivity contribution in [2.75, 3.05) is 40.0 Å². The molecule has 1 saturated carbocycles. The first-order valence-electron chi connectivity index (χ1n) is 7.42. The molecule has 106 valence electrons. The molecule has 1 N–H and O–H groups in total. The van der Waals surface area contributed by atoms with Crippen LogP contribution in [0.5, 0.6) is 0 Å². The number of rotatable bonds is 8. The van der Waals surface area contributed by atoms with Crippen LogP contribution in [0, 0.1) is 0 Å². The SMILES string of the molecule is CCCNC1CCOCC1N(CCOC)C1CC1. The summed E-state index contributed by atoms with van der Waals surface area (Å²) < 4.78 is 11.0. The average Bonchev–Trinajstić information content (AvgIpc) is 3.22. The van der Waals surface area contributed by atoms with Gasteiger partial charge in [0.25, 0.3) is 0 Å². The Hall–Kier alpha value is -0.160. The predicted molar refractivity (Wildman–Crippen MR) is 72.9 cm³/mol. The molecular weight excluding hydrogens is 228 g/mol. The summed E-state index contributed by atoms with van der Waals surface area (Å²) in [6.07, 6.45) is 5.04. The van der Waals surface area contributed by atoms with E-state index in [1.807, 2.05) is 0 Å². The third-order valence-electron chi connectivity index (χ3n) is 3.98. The predicted octanol–water partition coefficient (Wildman–Crippen LogP) is 1.25. The molecule has 2 aliphatic rings. The first-order valence-corrected chi connectivity index (χ1v) is 7.42. The highest BCUT2D eigenvalue weighted by Gasteiger charge is 2.38. The minimum Gasteiger partial charge on any atom is -0.383 e. The van der Waals surface area contributed by atoms with E-state index in [1.165, 1.54) is 19.3 Å². The first-order chi connectivity index (χ1) is 8.86. The second-order valence-corrected chi connectivity index (χ2v) is 5.45. The number of hydrogen-bond acceptors (Lipinski definition) is 4. The molecule has 2 fully saturated rings. The van der Waals surface area contributed by atoms with Gasteiger partial charge in [0.15, 0.2) is 0 Å². The maximum atomic E-state index is 5.71. The largest absolute Gasteiger partial charge is 0.383 e. The van der Waals surface area contributed by atoms with Gasteiger partial charge in [-0.15, -0.1) is 0 Å². The van der Waals surface area contributed by atoms with Crippen molar-refractivity contribution in [1.29, 1.82) is 0 Å². The van der Waals surface area contributed by atoms with Crippen LogP contribution in [-0.2, 0) is 9.47 Å². The monoisotopic (exact) mass is 256 g/mol. The third-order valence-corrected chi connectivity index (χ3v) is 3.98. The summed E-state index contributed by atoms with van der Waals surface area (Å²) in [6, 6.07) is 1.90. The number of methoxy groups -OCH3 is 1. The molecule has 1 aliphatic heterocycles. The summed E-state index contributed by atoms with van der Waals surface area (Å²) in [4.78, 5) is 2.62. The second-order valence-electron chi connectivity index (χ2n) is 5.45. The van der Waals surface area contributed by atoms with Crippen molar-refractivity contribution < 1.29 is 9.47 Å². The summed E-state index contributed by atoms with van der Waals surface area (Å²) in [5.41, 5.74) is 0. The fourth-order valence-electron chi connectivity index (χ4n) is 2.84. The van der Waals surface area contributed by atoms with Crippen LogP contribution in [0.25, 0.3) is 0 Å². The first kappa shape index (κ1) is 14.3. The van der Waals surface area contributed by atoms with Crippen LogP contribution in [-0.4, -0.2) is 63.0 Å². The molecule has 0 amide bonds. The summed E-state index contributed by atoms with van der Waals surface area (Å²) in [5, 5.41) is 3.70. The van der Waals surface area contributed by atoms with Gasteiger partial charge >= 0.3 is 0 Å².